The first-order valence-corrected chi connectivity index (χ1v) is 7.35. The zero-order valence-corrected chi connectivity index (χ0v) is 12.0. The number of nitrogens with two attached hydrogens (primary N) is 1. The Morgan fingerprint density at radius 1 is 1.47 bits per heavy atom. The van der Waals surface area contributed by atoms with Crippen LogP contribution in [-0.4, -0.2) is 20.9 Å². The van der Waals surface area contributed by atoms with Crippen LogP contribution >= 0.6 is 11.6 Å². The Morgan fingerprint density at radius 2 is 2.05 bits per heavy atom. The Morgan fingerprint density at radius 3 is 2.53 bits per heavy atom. The van der Waals surface area contributed by atoms with E-state index in [4.69, 9.17) is 16.7 Å². The smallest absolute Gasteiger partial charge is 0.252 e. The van der Waals surface area contributed by atoms with Crippen LogP contribution in [0, 0.1) is 11.7 Å². The van der Waals surface area contributed by atoms with Gasteiger partial charge in [-0.25, -0.2) is 17.9 Å². The number of sulfonamides is 1. The van der Waals surface area contributed by atoms with Crippen molar-refractivity contribution >= 4 is 27.5 Å². The average molecular weight is 309 g/mol. The van der Waals surface area contributed by atoms with Crippen LogP contribution in [0.4, 0.5) is 4.39 Å². The van der Waals surface area contributed by atoms with Gasteiger partial charge in [-0.3, -0.25) is 4.79 Å². The second-order valence-corrected chi connectivity index (χ2v) is 6.35. The molecule has 1 aromatic carbocycles. The number of halogens is 2. The normalized spacial score (nSPS) is 11.7. The number of nitrogens with one attached hydrogen (secondary N) is 1. The number of hydrogen-bond donors (Lipinski definition) is 2. The summed E-state index contributed by atoms with van der Waals surface area (Å²) in [5.74, 6) is -1.46. The minimum Gasteiger partial charge on any atom is -0.352 e. The highest BCUT2D eigenvalue weighted by Crippen LogP contribution is 2.23. The van der Waals surface area contributed by atoms with Gasteiger partial charge in [0.2, 0.25) is 10.0 Å². The number of rotatable bonds is 4. The van der Waals surface area contributed by atoms with Gasteiger partial charge in [0.15, 0.2) is 0 Å². The number of amides is 1. The molecule has 0 aromatic heterocycles. The first-order chi connectivity index (χ1) is 8.62. The highest BCUT2D eigenvalue weighted by atomic mass is 35.5. The maximum Gasteiger partial charge on any atom is 0.252 e. The molecule has 0 aliphatic heterocycles. The van der Waals surface area contributed by atoms with E-state index < -0.39 is 26.6 Å². The maximum atomic E-state index is 13.4. The second-order valence-electron chi connectivity index (χ2n) is 4.41. The van der Waals surface area contributed by atoms with Crippen LogP contribution in [0.5, 0.6) is 0 Å². The van der Waals surface area contributed by atoms with Crippen molar-refractivity contribution in [1.82, 2.24) is 5.32 Å². The molecule has 0 unspecified atom stereocenters. The highest BCUT2D eigenvalue weighted by Gasteiger charge is 2.20. The summed E-state index contributed by atoms with van der Waals surface area (Å²) < 4.78 is 35.8. The molecule has 5 nitrogen and oxygen atoms in total. The largest absolute Gasteiger partial charge is 0.352 e. The summed E-state index contributed by atoms with van der Waals surface area (Å²) in [7, 11) is -4.25. The predicted molar refractivity (Wildman–Crippen MR) is 70.0 cm³/mol. The van der Waals surface area contributed by atoms with E-state index in [1.54, 1.807) is 0 Å². The lowest BCUT2D eigenvalue weighted by atomic mass is 10.2. The Labute approximate surface area is 116 Å². The summed E-state index contributed by atoms with van der Waals surface area (Å²) in [6.45, 7) is 4.17. The summed E-state index contributed by atoms with van der Waals surface area (Å²) in [6.07, 6.45) is 0. The monoisotopic (exact) mass is 308 g/mol. The van der Waals surface area contributed by atoms with Crippen LogP contribution in [0.1, 0.15) is 24.2 Å². The Kier molecular flexibility index (Phi) is 4.89. The zero-order valence-electron chi connectivity index (χ0n) is 10.4. The number of benzene rings is 1. The lowest BCUT2D eigenvalue weighted by molar-refractivity contribution is 0.0949. The van der Waals surface area contributed by atoms with Gasteiger partial charge in [0.05, 0.1) is 10.6 Å². The molecular weight excluding hydrogens is 295 g/mol. The van der Waals surface area contributed by atoms with Gasteiger partial charge in [0, 0.05) is 6.54 Å². The third-order valence-corrected chi connectivity index (χ3v) is 3.48. The van der Waals surface area contributed by atoms with Crippen molar-refractivity contribution in [3.63, 3.8) is 0 Å². The van der Waals surface area contributed by atoms with E-state index in [1.807, 2.05) is 13.8 Å². The summed E-state index contributed by atoms with van der Waals surface area (Å²) >= 11 is 5.73. The van der Waals surface area contributed by atoms with Crippen molar-refractivity contribution in [3.05, 3.63) is 28.5 Å². The molecule has 0 bridgehead atoms. The molecule has 19 heavy (non-hydrogen) atoms. The van der Waals surface area contributed by atoms with E-state index >= 15 is 0 Å². The molecule has 0 saturated heterocycles. The second kappa shape index (κ2) is 5.85. The van der Waals surface area contributed by atoms with E-state index in [1.165, 1.54) is 0 Å². The molecule has 1 aromatic rings. The van der Waals surface area contributed by atoms with Crippen molar-refractivity contribution < 1.29 is 17.6 Å². The molecule has 0 spiro atoms. The van der Waals surface area contributed by atoms with Gasteiger partial charge in [0.1, 0.15) is 10.7 Å². The fourth-order valence-electron chi connectivity index (χ4n) is 1.31. The molecule has 1 amide bonds. The van der Waals surface area contributed by atoms with Crippen molar-refractivity contribution in [2.24, 2.45) is 11.1 Å². The molecule has 8 heteroatoms. The van der Waals surface area contributed by atoms with E-state index in [0.29, 0.717) is 6.54 Å². The van der Waals surface area contributed by atoms with Crippen LogP contribution in [-0.2, 0) is 10.0 Å². The van der Waals surface area contributed by atoms with Crippen LogP contribution in [0.25, 0.3) is 0 Å². The summed E-state index contributed by atoms with van der Waals surface area (Å²) in [4.78, 5) is 11.0. The van der Waals surface area contributed by atoms with Gasteiger partial charge in [-0.15, -0.1) is 0 Å². The van der Waals surface area contributed by atoms with Gasteiger partial charge < -0.3 is 5.32 Å². The molecule has 106 valence electrons. The molecule has 3 N–H and O–H groups in total. The van der Waals surface area contributed by atoms with Crippen LogP contribution in [0.15, 0.2) is 17.0 Å². The molecule has 0 radical (unpaired) electrons. The number of primary sulfonamides is 1. The molecular formula is C11H14ClFN2O3S. The van der Waals surface area contributed by atoms with Crippen LogP contribution in [0.3, 0.4) is 0 Å². The standard InChI is InChI=1S/C11H14ClFN2O3S/c1-6(2)5-15-11(16)7-3-10(19(14,17)18)9(13)4-8(7)12/h3-4,6H,5H2,1-2H3,(H,15,16)(H2,14,17,18). The van der Waals surface area contributed by atoms with Gasteiger partial charge in [-0.1, -0.05) is 25.4 Å². The van der Waals surface area contributed by atoms with Gasteiger partial charge >= 0.3 is 0 Å². The van der Waals surface area contributed by atoms with E-state index in [9.17, 15) is 17.6 Å². The topological polar surface area (TPSA) is 89.3 Å². The minimum atomic E-state index is -4.25. The molecule has 0 saturated carbocycles. The SMILES string of the molecule is CC(C)CNC(=O)c1cc(S(N)(=O)=O)c(F)cc1Cl. The fraction of sp³-hybridized carbons (Fsp3) is 0.364. The minimum absolute atomic E-state index is 0.132. The summed E-state index contributed by atoms with van der Waals surface area (Å²) in [5.41, 5.74) is -0.132. The molecule has 0 fully saturated rings. The number of hydrogen-bond acceptors (Lipinski definition) is 3. The van der Waals surface area contributed by atoms with Crippen molar-refractivity contribution in [3.8, 4) is 0 Å². The predicted octanol–water partition coefficient (Wildman–Crippen LogP) is 1.51. The third kappa shape index (κ3) is 4.15. The van der Waals surface area contributed by atoms with Gasteiger partial charge in [0.25, 0.3) is 5.91 Å². The molecule has 0 aliphatic carbocycles. The van der Waals surface area contributed by atoms with Gasteiger partial charge in [-0.2, -0.15) is 0 Å². The quantitative estimate of drug-likeness (QED) is 0.883. The van der Waals surface area contributed by atoms with Crippen LogP contribution in [0.2, 0.25) is 5.02 Å². The molecule has 1 rings (SSSR count). The first-order valence-electron chi connectivity index (χ1n) is 5.43. The molecule has 0 heterocycles. The molecule has 0 aliphatic rings. The number of carbonyl (C=O) groups excluding carboxylic acids is 1. The first kappa shape index (κ1) is 15.9. The Bertz CT molecular complexity index is 602. The lowest BCUT2D eigenvalue weighted by Crippen LogP contribution is -2.28. The van der Waals surface area contributed by atoms with Gasteiger partial charge in [-0.05, 0) is 18.1 Å². The van der Waals surface area contributed by atoms with Crippen molar-refractivity contribution in [2.45, 2.75) is 18.7 Å². The fourth-order valence-corrected chi connectivity index (χ4v) is 2.16. The third-order valence-electron chi connectivity index (χ3n) is 2.24. The van der Waals surface area contributed by atoms with E-state index in [-0.39, 0.29) is 16.5 Å². The summed E-state index contributed by atoms with van der Waals surface area (Å²) in [5, 5.41) is 7.24. The lowest BCUT2D eigenvalue weighted by Gasteiger charge is -2.10. The number of carbonyl (C=O) groups is 1. The van der Waals surface area contributed by atoms with E-state index in [0.717, 1.165) is 12.1 Å². The summed E-state index contributed by atoms with van der Waals surface area (Å²) in [6, 6.07) is 1.59. The van der Waals surface area contributed by atoms with Crippen molar-refractivity contribution in [1.29, 1.82) is 0 Å². The highest BCUT2D eigenvalue weighted by molar-refractivity contribution is 7.89. The Balaban J connectivity index is 3.19. The maximum absolute atomic E-state index is 13.4. The molecule has 0 atom stereocenters. The average Bonchev–Trinajstić information content (AvgIpc) is 2.24. The Hall–Kier alpha value is -1.18. The van der Waals surface area contributed by atoms with E-state index in [2.05, 4.69) is 5.32 Å². The van der Waals surface area contributed by atoms with Crippen LogP contribution < -0.4 is 10.5 Å². The zero-order chi connectivity index (χ0) is 14.8. The van der Waals surface area contributed by atoms with Crippen molar-refractivity contribution in [2.75, 3.05) is 6.54 Å².